The molecule has 4 rings (SSSR count). The van der Waals surface area contributed by atoms with E-state index in [0.717, 1.165) is 68.4 Å². The van der Waals surface area contributed by atoms with Crippen LogP contribution in [-0.2, 0) is 13.0 Å². The van der Waals surface area contributed by atoms with E-state index in [9.17, 15) is 9.59 Å². The van der Waals surface area contributed by atoms with Crippen LogP contribution in [0.2, 0.25) is 0 Å². The van der Waals surface area contributed by atoms with Gasteiger partial charge in [0, 0.05) is 39.1 Å². The number of nitrogens with zero attached hydrogens (tertiary/aromatic N) is 3. The van der Waals surface area contributed by atoms with Gasteiger partial charge in [0.1, 0.15) is 22.9 Å². The predicted molar refractivity (Wildman–Crippen MR) is 126 cm³/mol. The van der Waals surface area contributed by atoms with Gasteiger partial charge in [-0.25, -0.2) is 4.79 Å². The number of amides is 3. The Kier molecular flexibility index (Phi) is 7.63. The summed E-state index contributed by atoms with van der Waals surface area (Å²) in [6, 6.07) is 5.49. The van der Waals surface area contributed by atoms with Gasteiger partial charge < -0.3 is 30.3 Å². The number of hydrogen-bond donors (Lipinski definition) is 3. The number of primary amides is 1. The molecule has 1 fully saturated rings. The van der Waals surface area contributed by atoms with Gasteiger partial charge in [0.05, 0.1) is 6.61 Å². The highest BCUT2D eigenvalue weighted by atomic mass is 32.1. The molecule has 11 heteroatoms. The van der Waals surface area contributed by atoms with Crippen LogP contribution < -0.4 is 25.8 Å². The minimum absolute atomic E-state index is 0.0741. The topological polar surface area (TPSA) is 122 Å². The van der Waals surface area contributed by atoms with Crippen LogP contribution in [0.4, 0.5) is 9.80 Å². The molecule has 0 saturated carbocycles. The predicted octanol–water partition coefficient (Wildman–Crippen LogP) is 1.51. The van der Waals surface area contributed by atoms with Crippen molar-refractivity contribution in [3.63, 3.8) is 0 Å². The van der Waals surface area contributed by atoms with Crippen molar-refractivity contribution in [3.8, 4) is 11.6 Å². The maximum Gasteiger partial charge on any atom is 0.319 e. The lowest BCUT2D eigenvalue weighted by atomic mass is 10.1. The lowest BCUT2D eigenvalue weighted by Gasteiger charge is -2.32. The van der Waals surface area contributed by atoms with Gasteiger partial charge >= 0.3 is 6.03 Å². The molecule has 1 aromatic heterocycles. The number of piperazine rings is 1. The van der Waals surface area contributed by atoms with E-state index in [1.54, 1.807) is 0 Å². The lowest BCUT2D eigenvalue weighted by Crippen LogP contribution is -2.45. The Morgan fingerprint density at radius 1 is 1.27 bits per heavy atom. The normalized spacial score (nSPS) is 16.2. The molecule has 0 unspecified atom stereocenters. The van der Waals surface area contributed by atoms with Crippen LogP contribution in [0.15, 0.2) is 18.2 Å². The number of benzene rings is 1. The average Bonchev–Trinajstić information content (AvgIpc) is 3.43. The maximum atomic E-state index is 12.3. The Balaban J connectivity index is 1.26. The molecule has 0 bridgehead atoms. The Morgan fingerprint density at radius 2 is 2.09 bits per heavy atom. The molecule has 3 amide bonds. The number of rotatable bonds is 9. The minimum Gasteiger partial charge on any atom is -0.493 e. The zero-order chi connectivity index (χ0) is 23.2. The lowest BCUT2D eigenvalue weighted by molar-refractivity contribution is 0.0996. The Hall–Kier alpha value is -2.89. The quantitative estimate of drug-likeness (QED) is 0.471. The molecule has 2 aliphatic heterocycles. The van der Waals surface area contributed by atoms with Crippen LogP contribution >= 0.6 is 11.5 Å². The van der Waals surface area contributed by atoms with Crippen molar-refractivity contribution >= 4 is 28.5 Å². The van der Waals surface area contributed by atoms with Gasteiger partial charge in [0.15, 0.2) is 0 Å². The maximum absolute atomic E-state index is 12.3. The second-order valence-corrected chi connectivity index (χ2v) is 9.04. The van der Waals surface area contributed by atoms with E-state index < -0.39 is 11.9 Å². The first-order valence-electron chi connectivity index (χ1n) is 11.1. The van der Waals surface area contributed by atoms with Crippen molar-refractivity contribution < 1.29 is 19.1 Å². The highest BCUT2D eigenvalue weighted by molar-refractivity contribution is 7.11. The first-order chi connectivity index (χ1) is 16.0. The fourth-order valence-electron chi connectivity index (χ4n) is 3.85. The molecule has 10 nitrogen and oxygen atoms in total. The van der Waals surface area contributed by atoms with E-state index in [1.807, 2.05) is 18.2 Å². The van der Waals surface area contributed by atoms with Crippen molar-refractivity contribution in [3.05, 3.63) is 34.9 Å². The molecule has 4 N–H and O–H groups in total. The van der Waals surface area contributed by atoms with E-state index in [2.05, 4.69) is 31.9 Å². The Labute approximate surface area is 197 Å². The van der Waals surface area contributed by atoms with E-state index in [-0.39, 0.29) is 23.1 Å². The largest absolute Gasteiger partial charge is 0.493 e. The molecule has 33 heavy (non-hydrogen) atoms. The average molecular weight is 475 g/mol. The zero-order valence-corrected chi connectivity index (χ0v) is 19.6. The number of nitrogens with one attached hydrogen (secondary N) is 2. The van der Waals surface area contributed by atoms with Crippen LogP contribution in [0.25, 0.3) is 0 Å². The molecule has 0 spiro atoms. The summed E-state index contributed by atoms with van der Waals surface area (Å²) in [4.78, 5) is 29.0. The van der Waals surface area contributed by atoms with Crippen LogP contribution in [0, 0.1) is 0 Å². The highest BCUT2D eigenvalue weighted by Crippen LogP contribution is 2.31. The summed E-state index contributed by atoms with van der Waals surface area (Å²) in [7, 11) is 2.13. The summed E-state index contributed by atoms with van der Waals surface area (Å²) >= 11 is 0.965. The van der Waals surface area contributed by atoms with Crippen LogP contribution in [-0.4, -0.2) is 79.0 Å². The minimum atomic E-state index is -0.707. The SMILES string of the molecule is CN1CCN(CCCNC(=O)Nc2snc(OCc3ccc4c(c3)OCC4)c2C(N)=O)CC1. The summed E-state index contributed by atoms with van der Waals surface area (Å²) in [6.45, 7) is 6.60. The van der Waals surface area contributed by atoms with E-state index >= 15 is 0 Å². The standard InChI is InChI=1S/C22H30N6O4S/c1-27-8-10-28(11-9-27)7-2-6-24-22(30)25-21-18(19(23)29)20(26-33-21)32-14-15-3-4-16-5-12-31-17(16)13-15/h3-4,13H,2,5-12,14H2,1H3,(H2,23,29)(H2,24,25,30). The molecule has 178 valence electrons. The molecule has 0 aliphatic carbocycles. The molecule has 0 atom stereocenters. The number of anilines is 1. The van der Waals surface area contributed by atoms with Crippen LogP contribution in [0.5, 0.6) is 11.6 Å². The van der Waals surface area contributed by atoms with Gasteiger partial charge in [-0.15, -0.1) is 0 Å². The third-order valence-corrected chi connectivity index (χ3v) is 6.55. The zero-order valence-electron chi connectivity index (χ0n) is 18.8. The van der Waals surface area contributed by atoms with Crippen molar-refractivity contribution in [2.45, 2.75) is 19.4 Å². The van der Waals surface area contributed by atoms with Crippen LogP contribution in [0.1, 0.15) is 27.9 Å². The smallest absolute Gasteiger partial charge is 0.319 e. The fourth-order valence-corrected chi connectivity index (χ4v) is 4.59. The summed E-state index contributed by atoms with van der Waals surface area (Å²) < 4.78 is 15.5. The van der Waals surface area contributed by atoms with Crippen molar-refractivity contribution in [1.82, 2.24) is 19.5 Å². The monoisotopic (exact) mass is 474 g/mol. The molecule has 2 aromatic rings. The first-order valence-corrected chi connectivity index (χ1v) is 11.9. The van der Waals surface area contributed by atoms with E-state index in [1.165, 1.54) is 5.56 Å². The fraction of sp³-hybridized carbons (Fsp3) is 0.500. The molecule has 1 saturated heterocycles. The Morgan fingerprint density at radius 3 is 2.88 bits per heavy atom. The second kappa shape index (κ2) is 10.8. The summed E-state index contributed by atoms with van der Waals surface area (Å²) in [6.07, 6.45) is 1.75. The number of urea groups is 1. The van der Waals surface area contributed by atoms with Gasteiger partial charge in [-0.05, 0) is 48.7 Å². The number of ether oxygens (including phenoxy) is 2. The number of aromatic nitrogens is 1. The third-order valence-electron chi connectivity index (χ3n) is 5.80. The molecular formula is C22H30N6O4S. The van der Waals surface area contributed by atoms with Gasteiger partial charge in [0.25, 0.3) is 5.91 Å². The number of fused-ring (bicyclic) bond motifs is 1. The highest BCUT2D eigenvalue weighted by Gasteiger charge is 2.22. The van der Waals surface area contributed by atoms with Gasteiger partial charge in [-0.1, -0.05) is 12.1 Å². The molecule has 0 radical (unpaired) electrons. The first kappa shape index (κ1) is 23.3. The van der Waals surface area contributed by atoms with E-state index in [4.69, 9.17) is 15.2 Å². The van der Waals surface area contributed by atoms with Gasteiger partial charge in [-0.2, -0.15) is 4.37 Å². The summed E-state index contributed by atoms with van der Waals surface area (Å²) in [5.74, 6) is 0.261. The number of carbonyl (C=O) groups is 2. The summed E-state index contributed by atoms with van der Waals surface area (Å²) in [5, 5.41) is 5.76. The van der Waals surface area contributed by atoms with Gasteiger partial charge in [-0.3, -0.25) is 10.1 Å². The third kappa shape index (κ3) is 6.12. The molecular weight excluding hydrogens is 444 g/mol. The van der Waals surface area contributed by atoms with Crippen molar-refractivity contribution in [2.24, 2.45) is 5.73 Å². The number of nitrogens with two attached hydrogens (primary N) is 1. The molecule has 3 heterocycles. The number of hydrogen-bond acceptors (Lipinski definition) is 8. The van der Waals surface area contributed by atoms with Gasteiger partial charge in [0.2, 0.25) is 5.88 Å². The van der Waals surface area contributed by atoms with E-state index in [0.29, 0.717) is 13.2 Å². The van der Waals surface area contributed by atoms with Crippen LogP contribution in [0.3, 0.4) is 0 Å². The molecule has 1 aromatic carbocycles. The second-order valence-electron chi connectivity index (χ2n) is 8.26. The molecule has 2 aliphatic rings. The number of carbonyl (C=O) groups excluding carboxylic acids is 2. The number of likely N-dealkylation sites (N-methyl/N-ethyl adjacent to an activating group) is 1. The van der Waals surface area contributed by atoms with Crippen molar-refractivity contribution in [1.29, 1.82) is 0 Å². The summed E-state index contributed by atoms with van der Waals surface area (Å²) in [5.41, 5.74) is 7.68. The Bertz CT molecular complexity index is 989. The van der Waals surface area contributed by atoms with Crippen molar-refractivity contribution in [2.75, 3.05) is 58.2 Å².